The molecule has 86 valence electrons. The molecule has 2 fully saturated rings. The Hall–Kier alpha value is -0.820. The van der Waals surface area contributed by atoms with Gasteiger partial charge in [-0.05, 0) is 51.6 Å². The van der Waals surface area contributed by atoms with E-state index in [1.807, 2.05) is 0 Å². The Morgan fingerprint density at radius 2 is 1.88 bits per heavy atom. The lowest BCUT2D eigenvalue weighted by Gasteiger charge is -2.43. The molecule has 0 spiro atoms. The van der Waals surface area contributed by atoms with Gasteiger partial charge in [0, 0.05) is 11.6 Å². The number of hydrogen-bond donors (Lipinski definition) is 0. The molecular formula is C15H21N. The topological polar surface area (TPSA) is 3.24 Å². The van der Waals surface area contributed by atoms with Gasteiger partial charge in [-0.3, -0.25) is 4.90 Å². The van der Waals surface area contributed by atoms with Gasteiger partial charge in [0.1, 0.15) is 0 Å². The maximum atomic E-state index is 2.65. The van der Waals surface area contributed by atoms with E-state index in [1.54, 1.807) is 5.56 Å². The van der Waals surface area contributed by atoms with Crippen LogP contribution in [0.25, 0.3) is 0 Å². The van der Waals surface area contributed by atoms with Crippen molar-refractivity contribution in [2.45, 2.75) is 50.6 Å². The third kappa shape index (κ3) is 1.34. The highest BCUT2D eigenvalue weighted by atomic mass is 15.2. The smallest absolute Gasteiger partial charge is 0.0461 e. The van der Waals surface area contributed by atoms with E-state index < -0.39 is 0 Å². The first-order valence-electron chi connectivity index (χ1n) is 6.52. The first-order valence-corrected chi connectivity index (χ1v) is 6.52. The molecule has 2 aliphatic heterocycles. The van der Waals surface area contributed by atoms with Crippen LogP contribution in [0.5, 0.6) is 0 Å². The van der Waals surface area contributed by atoms with Crippen molar-refractivity contribution in [3.63, 3.8) is 0 Å². The summed E-state index contributed by atoms with van der Waals surface area (Å²) in [5.41, 5.74) is 3.28. The van der Waals surface area contributed by atoms with Crippen LogP contribution in [-0.2, 0) is 5.54 Å². The van der Waals surface area contributed by atoms with Crippen molar-refractivity contribution < 1.29 is 0 Å². The number of hydrogen-bond acceptors (Lipinski definition) is 1. The number of aryl methyl sites for hydroxylation is 1. The third-order valence-corrected chi connectivity index (χ3v) is 4.83. The lowest BCUT2D eigenvalue weighted by atomic mass is 9.82. The van der Waals surface area contributed by atoms with Crippen molar-refractivity contribution in [2.24, 2.45) is 0 Å². The minimum Gasteiger partial charge on any atom is -0.294 e. The molecule has 0 unspecified atom stereocenters. The fraction of sp³-hybridized carbons (Fsp3) is 0.600. The molecule has 1 aromatic rings. The molecule has 2 saturated heterocycles. The Morgan fingerprint density at radius 3 is 2.62 bits per heavy atom. The van der Waals surface area contributed by atoms with Gasteiger partial charge in [-0.2, -0.15) is 0 Å². The Morgan fingerprint density at radius 1 is 1.12 bits per heavy atom. The van der Waals surface area contributed by atoms with E-state index in [9.17, 15) is 0 Å². The fourth-order valence-corrected chi connectivity index (χ4v) is 3.75. The summed E-state index contributed by atoms with van der Waals surface area (Å²) in [6, 6.07) is 10.1. The van der Waals surface area contributed by atoms with E-state index in [2.05, 4.69) is 43.1 Å². The molecule has 0 aliphatic carbocycles. The zero-order valence-corrected chi connectivity index (χ0v) is 10.4. The molecule has 1 aromatic carbocycles. The minimum atomic E-state index is 0.372. The van der Waals surface area contributed by atoms with Gasteiger partial charge in [-0.25, -0.2) is 0 Å². The summed E-state index contributed by atoms with van der Waals surface area (Å²) in [6.45, 7) is 2.17. The molecule has 2 heterocycles. The predicted molar refractivity (Wildman–Crippen MR) is 67.5 cm³/mol. The van der Waals surface area contributed by atoms with Crippen LogP contribution < -0.4 is 0 Å². The van der Waals surface area contributed by atoms with E-state index in [0.29, 0.717) is 5.54 Å². The van der Waals surface area contributed by atoms with Gasteiger partial charge in [0.05, 0.1) is 0 Å². The number of nitrogens with zero attached hydrogens (tertiary/aromatic N) is 1. The van der Waals surface area contributed by atoms with Crippen molar-refractivity contribution in [1.29, 1.82) is 0 Å². The quantitative estimate of drug-likeness (QED) is 0.693. The summed E-state index contributed by atoms with van der Waals surface area (Å²) in [5.74, 6) is 0. The SMILES string of the molecule is Cc1ccc([C@]23CCC[C@H](CC2)N3C)cc1. The van der Waals surface area contributed by atoms with Crippen molar-refractivity contribution in [3.8, 4) is 0 Å². The lowest BCUT2D eigenvalue weighted by molar-refractivity contribution is 0.0805. The van der Waals surface area contributed by atoms with E-state index in [-0.39, 0.29) is 0 Å². The number of benzene rings is 1. The van der Waals surface area contributed by atoms with Gasteiger partial charge in [0.2, 0.25) is 0 Å². The van der Waals surface area contributed by atoms with Gasteiger partial charge in [0.15, 0.2) is 0 Å². The van der Waals surface area contributed by atoms with E-state index in [4.69, 9.17) is 0 Å². The Labute approximate surface area is 98.5 Å². The monoisotopic (exact) mass is 215 g/mol. The van der Waals surface area contributed by atoms with Crippen LogP contribution in [0.4, 0.5) is 0 Å². The van der Waals surface area contributed by atoms with Crippen molar-refractivity contribution in [3.05, 3.63) is 35.4 Å². The van der Waals surface area contributed by atoms with Gasteiger partial charge in [-0.15, -0.1) is 0 Å². The van der Waals surface area contributed by atoms with Crippen LogP contribution in [0.3, 0.4) is 0 Å². The average Bonchev–Trinajstić information content (AvgIpc) is 2.52. The maximum absolute atomic E-state index is 2.65. The van der Waals surface area contributed by atoms with Crippen molar-refractivity contribution in [2.75, 3.05) is 7.05 Å². The Balaban J connectivity index is 2.01. The molecule has 0 N–H and O–H groups in total. The fourth-order valence-electron chi connectivity index (χ4n) is 3.75. The Bertz CT molecular complexity index is 377. The molecule has 1 heteroatoms. The highest BCUT2D eigenvalue weighted by Crippen LogP contribution is 2.49. The first-order chi connectivity index (χ1) is 7.72. The average molecular weight is 215 g/mol. The van der Waals surface area contributed by atoms with Gasteiger partial charge < -0.3 is 0 Å². The molecular weight excluding hydrogens is 194 g/mol. The molecule has 2 bridgehead atoms. The van der Waals surface area contributed by atoms with Gasteiger partial charge >= 0.3 is 0 Å². The van der Waals surface area contributed by atoms with E-state index in [0.717, 1.165) is 6.04 Å². The molecule has 2 atom stereocenters. The number of piperidine rings is 1. The number of fused-ring (bicyclic) bond motifs is 2. The minimum absolute atomic E-state index is 0.372. The van der Waals surface area contributed by atoms with E-state index >= 15 is 0 Å². The molecule has 0 amide bonds. The van der Waals surface area contributed by atoms with Crippen molar-refractivity contribution in [1.82, 2.24) is 4.90 Å². The van der Waals surface area contributed by atoms with Crippen LogP contribution in [-0.4, -0.2) is 18.0 Å². The second-order valence-electron chi connectivity index (χ2n) is 5.59. The van der Waals surface area contributed by atoms with Crippen molar-refractivity contribution >= 4 is 0 Å². The third-order valence-electron chi connectivity index (χ3n) is 4.83. The molecule has 16 heavy (non-hydrogen) atoms. The summed E-state index contributed by atoms with van der Waals surface area (Å²) < 4.78 is 0. The summed E-state index contributed by atoms with van der Waals surface area (Å²) >= 11 is 0. The molecule has 2 aliphatic rings. The van der Waals surface area contributed by atoms with Crippen LogP contribution in [0.1, 0.15) is 43.2 Å². The highest BCUT2D eigenvalue weighted by molar-refractivity contribution is 5.30. The standard InChI is InChI=1S/C15H21N/c1-12-5-7-13(8-6-12)15-10-3-4-14(9-11-15)16(15)2/h5-8,14H,3-4,9-11H2,1-2H3/t14-,15+/m1/s1. The van der Waals surface area contributed by atoms with Crippen LogP contribution in [0.15, 0.2) is 24.3 Å². The van der Waals surface area contributed by atoms with Gasteiger partial charge in [-0.1, -0.05) is 29.8 Å². The summed E-state index contributed by atoms with van der Waals surface area (Å²) in [7, 11) is 2.33. The molecule has 0 saturated carbocycles. The zero-order valence-electron chi connectivity index (χ0n) is 10.4. The first kappa shape index (κ1) is 10.3. The summed E-state index contributed by atoms with van der Waals surface area (Å²) in [4.78, 5) is 2.65. The largest absolute Gasteiger partial charge is 0.294 e. The Kier molecular flexibility index (Phi) is 2.32. The molecule has 3 rings (SSSR count). The van der Waals surface area contributed by atoms with Crippen LogP contribution in [0.2, 0.25) is 0 Å². The van der Waals surface area contributed by atoms with Gasteiger partial charge in [0.25, 0.3) is 0 Å². The van der Waals surface area contributed by atoms with E-state index in [1.165, 1.54) is 37.7 Å². The zero-order chi connectivity index (χ0) is 11.2. The predicted octanol–water partition coefficient (Wildman–Crippen LogP) is 3.47. The molecule has 1 nitrogen and oxygen atoms in total. The molecule has 0 radical (unpaired) electrons. The molecule has 0 aromatic heterocycles. The highest BCUT2D eigenvalue weighted by Gasteiger charge is 2.47. The normalized spacial score (nSPS) is 34.2. The van der Waals surface area contributed by atoms with Crippen LogP contribution >= 0.6 is 0 Å². The van der Waals surface area contributed by atoms with Crippen LogP contribution in [0, 0.1) is 6.92 Å². The maximum Gasteiger partial charge on any atom is 0.0461 e. The number of rotatable bonds is 1. The summed E-state index contributed by atoms with van der Waals surface area (Å²) in [6.07, 6.45) is 6.91. The second-order valence-corrected chi connectivity index (χ2v) is 5.59. The lowest BCUT2D eigenvalue weighted by Crippen LogP contribution is -2.45. The second kappa shape index (κ2) is 3.59. The summed E-state index contributed by atoms with van der Waals surface area (Å²) in [5, 5.41) is 0.